The van der Waals surface area contributed by atoms with E-state index >= 15 is 0 Å². The first kappa shape index (κ1) is 18.7. The van der Waals surface area contributed by atoms with Crippen molar-refractivity contribution in [3.05, 3.63) is 71.3 Å². The van der Waals surface area contributed by atoms with Crippen molar-refractivity contribution in [2.24, 2.45) is 5.10 Å². The highest BCUT2D eigenvalue weighted by molar-refractivity contribution is 6.26. The van der Waals surface area contributed by atoms with Crippen molar-refractivity contribution in [1.29, 1.82) is 0 Å². The number of benzene rings is 3. The van der Waals surface area contributed by atoms with Gasteiger partial charge in [0.25, 0.3) is 11.8 Å². The third-order valence-electron chi connectivity index (χ3n) is 4.98. The van der Waals surface area contributed by atoms with E-state index in [1.54, 1.807) is 30.3 Å². The number of phenols is 1. The smallest absolute Gasteiger partial charge is 0.282 e. The van der Waals surface area contributed by atoms with Crippen molar-refractivity contribution in [2.75, 3.05) is 11.9 Å². The normalized spacial score (nSPS) is 13.5. The summed E-state index contributed by atoms with van der Waals surface area (Å²) in [5.74, 6) is -0.936. The van der Waals surface area contributed by atoms with Gasteiger partial charge in [-0.1, -0.05) is 37.6 Å². The minimum absolute atomic E-state index is 0.0263. The largest absolute Gasteiger partial charge is 0.507 e. The van der Waals surface area contributed by atoms with E-state index in [1.807, 2.05) is 18.2 Å². The lowest BCUT2D eigenvalue weighted by atomic mass is 9.93. The van der Waals surface area contributed by atoms with Gasteiger partial charge in [-0.05, 0) is 36.8 Å². The number of para-hydroxylation sites is 1. The molecule has 0 bridgehead atoms. The fourth-order valence-electron chi connectivity index (χ4n) is 3.46. The van der Waals surface area contributed by atoms with E-state index in [0.717, 1.165) is 35.5 Å². The van der Waals surface area contributed by atoms with E-state index in [0.29, 0.717) is 22.1 Å². The minimum atomic E-state index is -0.481. The lowest BCUT2D eigenvalue weighted by molar-refractivity contribution is 0.0616. The molecular weight excluding hydrogens is 366 g/mol. The van der Waals surface area contributed by atoms with E-state index in [9.17, 15) is 14.7 Å². The first-order chi connectivity index (χ1) is 14.1. The van der Waals surface area contributed by atoms with Crippen LogP contribution < -0.4 is 5.32 Å². The van der Waals surface area contributed by atoms with E-state index in [1.165, 1.54) is 12.3 Å². The summed E-state index contributed by atoms with van der Waals surface area (Å²) in [4.78, 5) is 26.0. The molecule has 0 saturated carbocycles. The van der Waals surface area contributed by atoms with Gasteiger partial charge in [0.15, 0.2) is 0 Å². The predicted molar refractivity (Wildman–Crippen MR) is 114 cm³/mol. The molecule has 146 valence electrons. The van der Waals surface area contributed by atoms with E-state index in [2.05, 4.69) is 17.3 Å². The number of carbonyl (C=O) groups excluding carboxylic acids is 2. The zero-order valence-corrected chi connectivity index (χ0v) is 16.1. The van der Waals surface area contributed by atoms with Gasteiger partial charge < -0.3 is 10.4 Å². The number of aromatic hydroxyl groups is 1. The summed E-state index contributed by atoms with van der Waals surface area (Å²) in [5.41, 5.74) is 2.20. The monoisotopic (exact) mass is 387 g/mol. The standard InChI is InChI=1S/C23H21N3O3/c1-2-3-13-24-19-12-11-18-21-16(19)8-6-9-17(21)22(28)26(23(18)29)25-14-15-7-4-5-10-20(15)27/h4-12,14,24,27H,2-3,13H2,1H3/b25-14+. The van der Waals surface area contributed by atoms with Crippen LogP contribution in [0.4, 0.5) is 5.69 Å². The second-order valence-electron chi connectivity index (χ2n) is 6.89. The Morgan fingerprint density at radius 3 is 2.52 bits per heavy atom. The second kappa shape index (κ2) is 7.75. The van der Waals surface area contributed by atoms with Crippen molar-refractivity contribution in [3.8, 4) is 5.75 Å². The number of rotatable bonds is 6. The van der Waals surface area contributed by atoms with Gasteiger partial charge in [0.2, 0.25) is 0 Å². The zero-order valence-electron chi connectivity index (χ0n) is 16.1. The first-order valence-electron chi connectivity index (χ1n) is 9.62. The Labute approximate surface area is 168 Å². The summed E-state index contributed by atoms with van der Waals surface area (Å²) < 4.78 is 0. The molecule has 3 aromatic carbocycles. The summed E-state index contributed by atoms with van der Waals surface area (Å²) in [7, 11) is 0. The Morgan fingerprint density at radius 2 is 1.76 bits per heavy atom. The van der Waals surface area contributed by atoms with Crippen molar-refractivity contribution >= 4 is 34.5 Å². The fraction of sp³-hybridized carbons (Fsp3) is 0.174. The van der Waals surface area contributed by atoms with Crippen LogP contribution in [0.5, 0.6) is 5.75 Å². The average molecular weight is 387 g/mol. The molecule has 0 unspecified atom stereocenters. The minimum Gasteiger partial charge on any atom is -0.507 e. The molecule has 0 fully saturated rings. The van der Waals surface area contributed by atoms with Gasteiger partial charge in [0.05, 0.1) is 17.3 Å². The molecule has 6 nitrogen and oxygen atoms in total. The maximum atomic E-state index is 13.0. The SMILES string of the molecule is CCCCNc1ccc2c3c(cccc13)C(=O)N(/N=C/c1ccccc1O)C2=O. The fourth-order valence-corrected chi connectivity index (χ4v) is 3.46. The number of hydrazone groups is 1. The van der Waals surface area contributed by atoms with Crippen LogP contribution >= 0.6 is 0 Å². The quantitative estimate of drug-likeness (QED) is 0.373. The Hall–Kier alpha value is -3.67. The van der Waals surface area contributed by atoms with Crippen LogP contribution in [0.15, 0.2) is 59.7 Å². The maximum absolute atomic E-state index is 13.0. The van der Waals surface area contributed by atoms with Crippen LogP contribution in [-0.4, -0.2) is 34.7 Å². The number of imide groups is 1. The number of hydrogen-bond donors (Lipinski definition) is 2. The summed E-state index contributed by atoms with van der Waals surface area (Å²) >= 11 is 0. The zero-order chi connectivity index (χ0) is 20.4. The number of phenolic OH excluding ortho intramolecular Hbond substituents is 1. The third kappa shape index (κ3) is 3.33. The number of anilines is 1. The molecule has 1 aliphatic rings. The Kier molecular flexibility index (Phi) is 4.99. The molecule has 6 heteroatoms. The van der Waals surface area contributed by atoms with Gasteiger partial charge in [-0.2, -0.15) is 10.1 Å². The average Bonchev–Trinajstić information content (AvgIpc) is 2.73. The summed E-state index contributed by atoms with van der Waals surface area (Å²) in [6.07, 6.45) is 3.43. The highest BCUT2D eigenvalue weighted by Gasteiger charge is 2.33. The van der Waals surface area contributed by atoms with Gasteiger partial charge in [-0.15, -0.1) is 0 Å². The molecule has 4 rings (SSSR count). The number of nitrogens with zero attached hydrogens (tertiary/aromatic N) is 2. The highest BCUT2D eigenvalue weighted by atomic mass is 16.3. The van der Waals surface area contributed by atoms with Gasteiger partial charge in [-0.25, -0.2) is 0 Å². The summed E-state index contributed by atoms with van der Waals surface area (Å²) in [6.45, 7) is 2.95. The molecule has 0 atom stereocenters. The molecule has 0 spiro atoms. The molecule has 0 radical (unpaired) electrons. The Bertz CT molecular complexity index is 1120. The van der Waals surface area contributed by atoms with E-state index in [4.69, 9.17) is 0 Å². The molecule has 1 aliphatic heterocycles. The molecule has 29 heavy (non-hydrogen) atoms. The molecule has 0 aromatic heterocycles. The molecule has 2 N–H and O–H groups in total. The number of hydrogen-bond acceptors (Lipinski definition) is 5. The van der Waals surface area contributed by atoms with Gasteiger partial charge in [0, 0.05) is 28.6 Å². The van der Waals surface area contributed by atoms with Gasteiger partial charge >= 0.3 is 0 Å². The van der Waals surface area contributed by atoms with Crippen LogP contribution in [0.3, 0.4) is 0 Å². The molecular formula is C23H21N3O3. The first-order valence-corrected chi connectivity index (χ1v) is 9.62. The van der Waals surface area contributed by atoms with Gasteiger partial charge in [0.1, 0.15) is 5.75 Å². The van der Waals surface area contributed by atoms with Crippen LogP contribution in [0.1, 0.15) is 46.0 Å². The molecule has 0 aliphatic carbocycles. The second-order valence-corrected chi connectivity index (χ2v) is 6.89. The predicted octanol–water partition coefficient (Wildman–Crippen LogP) is 4.39. The van der Waals surface area contributed by atoms with E-state index < -0.39 is 11.8 Å². The van der Waals surface area contributed by atoms with Crippen molar-refractivity contribution in [1.82, 2.24) is 5.01 Å². The van der Waals surface area contributed by atoms with Crippen molar-refractivity contribution in [3.63, 3.8) is 0 Å². The van der Waals surface area contributed by atoms with Crippen LogP contribution in [0.25, 0.3) is 10.8 Å². The Morgan fingerprint density at radius 1 is 1.00 bits per heavy atom. The Balaban J connectivity index is 1.74. The number of unbranched alkanes of at least 4 members (excludes halogenated alkanes) is 1. The lowest BCUT2D eigenvalue weighted by Gasteiger charge is -2.24. The highest BCUT2D eigenvalue weighted by Crippen LogP contribution is 2.34. The lowest BCUT2D eigenvalue weighted by Crippen LogP contribution is -2.36. The van der Waals surface area contributed by atoms with Gasteiger partial charge in [-0.3, -0.25) is 9.59 Å². The maximum Gasteiger partial charge on any atom is 0.282 e. The van der Waals surface area contributed by atoms with Crippen molar-refractivity contribution in [2.45, 2.75) is 19.8 Å². The molecule has 0 saturated heterocycles. The topological polar surface area (TPSA) is 82.0 Å². The van der Waals surface area contributed by atoms with Crippen LogP contribution in [-0.2, 0) is 0 Å². The third-order valence-corrected chi connectivity index (χ3v) is 4.98. The summed E-state index contributed by atoms with van der Waals surface area (Å²) in [6, 6.07) is 15.6. The van der Waals surface area contributed by atoms with Crippen LogP contribution in [0, 0.1) is 0 Å². The number of amides is 2. The van der Waals surface area contributed by atoms with E-state index in [-0.39, 0.29) is 5.75 Å². The molecule has 1 heterocycles. The van der Waals surface area contributed by atoms with Crippen LogP contribution in [0.2, 0.25) is 0 Å². The molecule has 3 aromatic rings. The number of carbonyl (C=O) groups is 2. The summed E-state index contributed by atoms with van der Waals surface area (Å²) in [5, 5.41) is 19.7. The molecule has 2 amide bonds. The number of nitrogens with one attached hydrogen (secondary N) is 1. The van der Waals surface area contributed by atoms with Crippen molar-refractivity contribution < 1.29 is 14.7 Å².